The van der Waals surface area contributed by atoms with Crippen LogP contribution in [-0.2, 0) is 6.54 Å². The third-order valence-corrected chi connectivity index (χ3v) is 2.70. The third kappa shape index (κ3) is 2.74. The molecule has 0 unspecified atom stereocenters. The maximum atomic E-state index is 13.3. The molecule has 2 rings (SSSR count). The van der Waals surface area contributed by atoms with Crippen LogP contribution < -0.4 is 5.32 Å². The van der Waals surface area contributed by atoms with Gasteiger partial charge < -0.3 is 9.73 Å². The van der Waals surface area contributed by atoms with Crippen LogP contribution in [0, 0.1) is 21.2 Å². The number of furan rings is 1. The van der Waals surface area contributed by atoms with Crippen LogP contribution in [-0.4, -0.2) is 0 Å². The highest BCUT2D eigenvalue weighted by atomic mass is 127. The standard InChI is InChI=1S/C11H7F3INO/c12-7-2-3-8(11(14)10(7)13)16-5-6-1-4-9(15)17-6/h1-4,16H,5H2. The molecular formula is C11H7F3INO. The van der Waals surface area contributed by atoms with E-state index >= 15 is 0 Å². The van der Waals surface area contributed by atoms with Gasteiger partial charge in [0.2, 0.25) is 0 Å². The van der Waals surface area contributed by atoms with Gasteiger partial charge in [0.25, 0.3) is 0 Å². The van der Waals surface area contributed by atoms with Crippen molar-refractivity contribution in [3.63, 3.8) is 0 Å². The second-order valence-electron chi connectivity index (χ2n) is 3.28. The van der Waals surface area contributed by atoms with E-state index in [1.807, 2.05) is 22.6 Å². The van der Waals surface area contributed by atoms with Gasteiger partial charge in [0.15, 0.2) is 21.2 Å². The van der Waals surface area contributed by atoms with Crippen molar-refractivity contribution in [2.24, 2.45) is 0 Å². The first-order valence-electron chi connectivity index (χ1n) is 4.69. The summed E-state index contributed by atoms with van der Waals surface area (Å²) in [5.74, 6) is -3.34. The fourth-order valence-electron chi connectivity index (χ4n) is 1.29. The molecule has 0 radical (unpaired) electrons. The van der Waals surface area contributed by atoms with E-state index in [-0.39, 0.29) is 12.2 Å². The van der Waals surface area contributed by atoms with Crippen molar-refractivity contribution in [2.45, 2.75) is 6.54 Å². The number of rotatable bonds is 3. The Labute approximate surface area is 109 Å². The van der Waals surface area contributed by atoms with E-state index in [0.717, 1.165) is 12.1 Å². The predicted molar refractivity (Wildman–Crippen MR) is 65.1 cm³/mol. The summed E-state index contributed by atoms with van der Waals surface area (Å²) in [7, 11) is 0. The number of hydrogen-bond acceptors (Lipinski definition) is 2. The molecular weight excluding hydrogens is 346 g/mol. The average Bonchev–Trinajstić information content (AvgIpc) is 2.71. The molecule has 1 aromatic heterocycles. The summed E-state index contributed by atoms with van der Waals surface area (Å²) in [6, 6.07) is 5.47. The first-order chi connectivity index (χ1) is 8.08. The Hall–Kier alpha value is -1.18. The lowest BCUT2D eigenvalue weighted by Gasteiger charge is -2.06. The summed E-state index contributed by atoms with van der Waals surface area (Å²) < 4.78 is 44.8. The summed E-state index contributed by atoms with van der Waals surface area (Å²) in [6.45, 7) is 0.199. The van der Waals surface area contributed by atoms with Crippen molar-refractivity contribution >= 4 is 28.3 Å². The highest BCUT2D eigenvalue weighted by Crippen LogP contribution is 2.20. The second-order valence-corrected chi connectivity index (χ2v) is 4.35. The van der Waals surface area contributed by atoms with Crippen LogP contribution in [0.15, 0.2) is 28.7 Å². The topological polar surface area (TPSA) is 25.2 Å². The lowest BCUT2D eigenvalue weighted by atomic mass is 10.2. The summed E-state index contributed by atoms with van der Waals surface area (Å²) in [6.07, 6.45) is 0. The van der Waals surface area contributed by atoms with Gasteiger partial charge in [-0.25, -0.2) is 13.2 Å². The molecule has 6 heteroatoms. The highest BCUT2D eigenvalue weighted by Gasteiger charge is 2.13. The molecule has 2 nitrogen and oxygen atoms in total. The summed E-state index contributed by atoms with van der Waals surface area (Å²) >= 11 is 1.99. The average molecular weight is 353 g/mol. The first-order valence-corrected chi connectivity index (χ1v) is 5.77. The quantitative estimate of drug-likeness (QED) is 0.669. The second kappa shape index (κ2) is 4.99. The number of halogens is 4. The molecule has 2 aromatic rings. The van der Waals surface area contributed by atoms with Crippen LogP contribution in [0.5, 0.6) is 0 Å². The normalized spacial score (nSPS) is 10.6. The molecule has 0 atom stereocenters. The van der Waals surface area contributed by atoms with Gasteiger partial charge in [-0.05, 0) is 46.9 Å². The Kier molecular flexibility index (Phi) is 3.60. The van der Waals surface area contributed by atoms with Crippen molar-refractivity contribution in [1.29, 1.82) is 0 Å². The van der Waals surface area contributed by atoms with Crippen molar-refractivity contribution in [3.05, 3.63) is 51.2 Å². The molecule has 1 heterocycles. The number of benzene rings is 1. The smallest absolute Gasteiger partial charge is 0.196 e. The molecule has 0 saturated heterocycles. The number of anilines is 1. The maximum absolute atomic E-state index is 13.3. The third-order valence-electron chi connectivity index (χ3n) is 2.12. The van der Waals surface area contributed by atoms with Crippen molar-refractivity contribution in [1.82, 2.24) is 0 Å². The van der Waals surface area contributed by atoms with Crippen LogP contribution in [0.1, 0.15) is 5.76 Å². The Morgan fingerprint density at radius 3 is 2.47 bits per heavy atom. The van der Waals surface area contributed by atoms with E-state index in [9.17, 15) is 13.2 Å². The minimum absolute atomic E-state index is 0.102. The van der Waals surface area contributed by atoms with Crippen LogP contribution in [0.2, 0.25) is 0 Å². The van der Waals surface area contributed by atoms with Gasteiger partial charge >= 0.3 is 0 Å². The fraction of sp³-hybridized carbons (Fsp3) is 0.0909. The largest absolute Gasteiger partial charge is 0.454 e. The molecule has 0 aliphatic heterocycles. The molecule has 0 aliphatic rings. The van der Waals surface area contributed by atoms with Crippen molar-refractivity contribution < 1.29 is 17.6 Å². The van der Waals surface area contributed by atoms with E-state index in [0.29, 0.717) is 9.53 Å². The van der Waals surface area contributed by atoms with Crippen molar-refractivity contribution in [3.8, 4) is 0 Å². The number of hydrogen-bond donors (Lipinski definition) is 1. The van der Waals surface area contributed by atoms with Gasteiger partial charge in [0.05, 0.1) is 12.2 Å². The lowest BCUT2D eigenvalue weighted by molar-refractivity contribution is 0.448. The van der Waals surface area contributed by atoms with Gasteiger partial charge in [0.1, 0.15) is 5.76 Å². The van der Waals surface area contributed by atoms with Crippen molar-refractivity contribution in [2.75, 3.05) is 5.32 Å². The van der Waals surface area contributed by atoms with Crippen LogP contribution in [0.25, 0.3) is 0 Å². The fourth-order valence-corrected chi connectivity index (χ4v) is 1.75. The Bertz CT molecular complexity index is 542. The van der Waals surface area contributed by atoms with E-state index in [2.05, 4.69) is 5.32 Å². The van der Waals surface area contributed by atoms with Crippen LogP contribution >= 0.6 is 22.6 Å². The minimum Gasteiger partial charge on any atom is -0.454 e. The lowest BCUT2D eigenvalue weighted by Crippen LogP contribution is -2.03. The summed E-state index contributed by atoms with van der Waals surface area (Å²) in [5, 5.41) is 2.63. The predicted octanol–water partition coefficient (Wildman–Crippen LogP) is 3.91. The zero-order valence-corrected chi connectivity index (χ0v) is 10.6. The van der Waals surface area contributed by atoms with Gasteiger partial charge in [-0.3, -0.25) is 0 Å². The maximum Gasteiger partial charge on any atom is 0.196 e. The Morgan fingerprint density at radius 1 is 1.06 bits per heavy atom. The first kappa shape index (κ1) is 12.3. The highest BCUT2D eigenvalue weighted by molar-refractivity contribution is 14.1. The van der Waals surface area contributed by atoms with E-state index in [4.69, 9.17) is 4.42 Å². The molecule has 0 fully saturated rings. The SMILES string of the molecule is Fc1ccc(NCc2ccc(I)o2)c(F)c1F. The zero-order chi connectivity index (χ0) is 12.4. The van der Waals surface area contributed by atoms with E-state index in [1.54, 1.807) is 12.1 Å². The Balaban J connectivity index is 2.12. The molecule has 1 N–H and O–H groups in total. The van der Waals surface area contributed by atoms with E-state index in [1.165, 1.54) is 0 Å². The molecule has 1 aromatic carbocycles. The zero-order valence-electron chi connectivity index (χ0n) is 8.44. The molecule has 0 bridgehead atoms. The summed E-state index contributed by atoms with van der Waals surface area (Å²) in [5.41, 5.74) is -0.102. The van der Waals surface area contributed by atoms with Gasteiger partial charge in [-0.15, -0.1) is 0 Å². The van der Waals surface area contributed by atoms with E-state index < -0.39 is 17.5 Å². The minimum atomic E-state index is -1.48. The van der Waals surface area contributed by atoms with Gasteiger partial charge in [-0.1, -0.05) is 0 Å². The Morgan fingerprint density at radius 2 is 1.82 bits per heavy atom. The van der Waals surface area contributed by atoms with Gasteiger partial charge in [-0.2, -0.15) is 0 Å². The molecule has 17 heavy (non-hydrogen) atoms. The van der Waals surface area contributed by atoms with Gasteiger partial charge in [0, 0.05) is 0 Å². The summed E-state index contributed by atoms with van der Waals surface area (Å²) in [4.78, 5) is 0. The molecule has 0 spiro atoms. The monoisotopic (exact) mass is 353 g/mol. The molecule has 0 aliphatic carbocycles. The van der Waals surface area contributed by atoms with Crippen LogP contribution in [0.4, 0.5) is 18.9 Å². The number of nitrogens with one attached hydrogen (secondary N) is 1. The molecule has 0 amide bonds. The molecule has 90 valence electrons. The molecule has 0 saturated carbocycles. The van der Waals surface area contributed by atoms with Crippen LogP contribution in [0.3, 0.4) is 0 Å².